The van der Waals surface area contributed by atoms with Crippen LogP contribution in [0.2, 0.25) is 0 Å². The Bertz CT molecular complexity index is 302. The van der Waals surface area contributed by atoms with E-state index in [1.807, 2.05) is 11.9 Å². The molecule has 0 radical (unpaired) electrons. The van der Waals surface area contributed by atoms with E-state index in [9.17, 15) is 4.79 Å². The Morgan fingerprint density at radius 3 is 2.58 bits per heavy atom. The lowest BCUT2D eigenvalue weighted by Crippen LogP contribution is -2.47. The average molecular weight is 266 g/mol. The summed E-state index contributed by atoms with van der Waals surface area (Å²) in [4.78, 5) is 14.5. The van der Waals surface area contributed by atoms with E-state index < -0.39 is 0 Å². The first-order valence-corrected chi connectivity index (χ1v) is 8.01. The van der Waals surface area contributed by atoms with E-state index in [-0.39, 0.29) is 6.04 Å². The van der Waals surface area contributed by atoms with Crippen LogP contribution in [0.4, 0.5) is 0 Å². The summed E-state index contributed by atoms with van der Waals surface area (Å²) in [6.45, 7) is 6.61. The van der Waals surface area contributed by atoms with Crippen LogP contribution in [0.15, 0.2) is 0 Å². The van der Waals surface area contributed by atoms with E-state index in [1.165, 1.54) is 25.7 Å². The molecule has 19 heavy (non-hydrogen) atoms. The molecule has 2 aliphatic rings. The van der Waals surface area contributed by atoms with E-state index in [2.05, 4.69) is 26.1 Å². The number of fused-ring (bicyclic) bond motifs is 1. The Morgan fingerprint density at radius 2 is 1.95 bits per heavy atom. The van der Waals surface area contributed by atoms with Crippen molar-refractivity contribution in [3.8, 4) is 0 Å². The van der Waals surface area contributed by atoms with Crippen LogP contribution in [-0.2, 0) is 4.79 Å². The topological polar surface area (TPSA) is 32.3 Å². The van der Waals surface area contributed by atoms with Crippen molar-refractivity contribution >= 4 is 5.91 Å². The van der Waals surface area contributed by atoms with Gasteiger partial charge in [-0.1, -0.05) is 26.7 Å². The number of carbonyl (C=O) groups excluding carboxylic acids is 1. The SMILES string of the molecule is CC(C)CC(C)N(C)C(=O)C1CC2CCCCC2N1. The summed E-state index contributed by atoms with van der Waals surface area (Å²) < 4.78 is 0. The molecule has 1 aliphatic carbocycles. The maximum atomic E-state index is 12.6. The van der Waals surface area contributed by atoms with E-state index in [0.29, 0.717) is 23.9 Å². The highest BCUT2D eigenvalue weighted by Crippen LogP contribution is 2.33. The number of hydrogen-bond donors (Lipinski definition) is 1. The molecule has 2 fully saturated rings. The fraction of sp³-hybridized carbons (Fsp3) is 0.938. The first-order chi connectivity index (χ1) is 8.99. The summed E-state index contributed by atoms with van der Waals surface area (Å²) in [6.07, 6.45) is 7.40. The van der Waals surface area contributed by atoms with Gasteiger partial charge in [0, 0.05) is 19.1 Å². The van der Waals surface area contributed by atoms with Crippen LogP contribution in [0.3, 0.4) is 0 Å². The van der Waals surface area contributed by atoms with Crippen molar-refractivity contribution in [3.63, 3.8) is 0 Å². The molecule has 0 aromatic heterocycles. The van der Waals surface area contributed by atoms with E-state index in [0.717, 1.165) is 18.8 Å². The molecular formula is C16H30N2O. The Balaban J connectivity index is 1.89. The highest BCUT2D eigenvalue weighted by molar-refractivity contribution is 5.82. The van der Waals surface area contributed by atoms with Crippen LogP contribution in [0.25, 0.3) is 0 Å². The van der Waals surface area contributed by atoms with Gasteiger partial charge in [-0.25, -0.2) is 0 Å². The first kappa shape index (κ1) is 14.8. The molecule has 4 atom stereocenters. The first-order valence-electron chi connectivity index (χ1n) is 8.01. The van der Waals surface area contributed by atoms with Gasteiger partial charge in [-0.3, -0.25) is 4.79 Å². The number of likely N-dealkylation sites (N-methyl/N-ethyl adjacent to an activating group) is 1. The molecule has 1 saturated carbocycles. The van der Waals surface area contributed by atoms with E-state index in [4.69, 9.17) is 0 Å². The van der Waals surface area contributed by atoms with Gasteiger partial charge in [0.2, 0.25) is 5.91 Å². The molecule has 1 heterocycles. The zero-order valence-corrected chi connectivity index (χ0v) is 13.0. The van der Waals surface area contributed by atoms with Crippen molar-refractivity contribution in [2.75, 3.05) is 7.05 Å². The maximum Gasteiger partial charge on any atom is 0.239 e. The van der Waals surface area contributed by atoms with Gasteiger partial charge in [0.1, 0.15) is 0 Å². The van der Waals surface area contributed by atoms with Gasteiger partial charge in [-0.15, -0.1) is 0 Å². The molecule has 4 unspecified atom stereocenters. The number of nitrogens with one attached hydrogen (secondary N) is 1. The smallest absolute Gasteiger partial charge is 0.239 e. The van der Waals surface area contributed by atoms with Crippen molar-refractivity contribution < 1.29 is 4.79 Å². The predicted molar refractivity (Wildman–Crippen MR) is 79.0 cm³/mol. The van der Waals surface area contributed by atoms with Crippen molar-refractivity contribution in [3.05, 3.63) is 0 Å². The summed E-state index contributed by atoms with van der Waals surface area (Å²) in [5.74, 6) is 1.70. The normalized spacial score (nSPS) is 32.2. The second-order valence-electron chi connectivity index (χ2n) is 7.03. The molecule has 1 aliphatic heterocycles. The largest absolute Gasteiger partial charge is 0.342 e. The summed E-state index contributed by atoms with van der Waals surface area (Å²) in [5.41, 5.74) is 0. The lowest BCUT2D eigenvalue weighted by Gasteiger charge is -2.29. The average Bonchev–Trinajstić information content (AvgIpc) is 2.79. The Hall–Kier alpha value is -0.570. The van der Waals surface area contributed by atoms with E-state index >= 15 is 0 Å². The van der Waals surface area contributed by atoms with Crippen LogP contribution < -0.4 is 5.32 Å². The van der Waals surface area contributed by atoms with Crippen LogP contribution in [-0.4, -0.2) is 36.0 Å². The number of hydrogen-bond acceptors (Lipinski definition) is 2. The van der Waals surface area contributed by atoms with Gasteiger partial charge in [0.05, 0.1) is 6.04 Å². The third-order valence-electron chi connectivity index (χ3n) is 4.98. The zero-order valence-electron chi connectivity index (χ0n) is 13.0. The Morgan fingerprint density at radius 1 is 1.26 bits per heavy atom. The van der Waals surface area contributed by atoms with Crippen LogP contribution in [0.1, 0.15) is 59.3 Å². The Labute approximate surface area is 118 Å². The molecule has 1 N–H and O–H groups in total. The van der Waals surface area contributed by atoms with Crippen molar-refractivity contribution in [1.82, 2.24) is 10.2 Å². The fourth-order valence-corrected chi connectivity index (χ4v) is 3.81. The van der Waals surface area contributed by atoms with Gasteiger partial charge < -0.3 is 10.2 Å². The van der Waals surface area contributed by atoms with E-state index in [1.54, 1.807) is 0 Å². The van der Waals surface area contributed by atoms with Crippen molar-refractivity contribution in [2.45, 2.75) is 77.4 Å². The highest BCUT2D eigenvalue weighted by Gasteiger charge is 2.39. The molecular weight excluding hydrogens is 236 g/mol. The zero-order chi connectivity index (χ0) is 14.0. The minimum absolute atomic E-state index is 0.0766. The number of nitrogens with zero attached hydrogens (tertiary/aromatic N) is 1. The van der Waals surface area contributed by atoms with Gasteiger partial charge in [0.15, 0.2) is 0 Å². The molecule has 0 aromatic rings. The molecule has 3 nitrogen and oxygen atoms in total. The monoisotopic (exact) mass is 266 g/mol. The molecule has 2 rings (SSSR count). The van der Waals surface area contributed by atoms with Crippen LogP contribution in [0.5, 0.6) is 0 Å². The highest BCUT2D eigenvalue weighted by atomic mass is 16.2. The number of carbonyl (C=O) groups is 1. The van der Waals surface area contributed by atoms with Gasteiger partial charge in [-0.2, -0.15) is 0 Å². The summed E-state index contributed by atoms with van der Waals surface area (Å²) >= 11 is 0. The molecule has 0 spiro atoms. The minimum Gasteiger partial charge on any atom is -0.342 e. The summed E-state index contributed by atoms with van der Waals surface area (Å²) in [5, 5.41) is 3.59. The number of amides is 1. The van der Waals surface area contributed by atoms with Crippen LogP contribution in [0, 0.1) is 11.8 Å². The molecule has 3 heteroatoms. The molecule has 0 bridgehead atoms. The third-order valence-corrected chi connectivity index (χ3v) is 4.98. The van der Waals surface area contributed by atoms with Gasteiger partial charge in [0.25, 0.3) is 0 Å². The molecule has 1 amide bonds. The molecule has 0 aromatic carbocycles. The molecule has 110 valence electrons. The van der Waals surface area contributed by atoms with Crippen molar-refractivity contribution in [1.29, 1.82) is 0 Å². The van der Waals surface area contributed by atoms with Crippen molar-refractivity contribution in [2.24, 2.45) is 11.8 Å². The quantitative estimate of drug-likeness (QED) is 0.848. The lowest BCUT2D eigenvalue weighted by atomic mass is 9.85. The van der Waals surface area contributed by atoms with Gasteiger partial charge >= 0.3 is 0 Å². The number of rotatable bonds is 4. The second-order valence-corrected chi connectivity index (χ2v) is 7.03. The summed E-state index contributed by atoms with van der Waals surface area (Å²) in [6, 6.07) is 1.03. The maximum absolute atomic E-state index is 12.6. The lowest BCUT2D eigenvalue weighted by molar-refractivity contribution is -0.133. The van der Waals surface area contributed by atoms with Crippen LogP contribution >= 0.6 is 0 Å². The minimum atomic E-state index is 0.0766. The fourth-order valence-electron chi connectivity index (χ4n) is 3.81. The van der Waals surface area contributed by atoms with Gasteiger partial charge in [-0.05, 0) is 44.4 Å². The summed E-state index contributed by atoms with van der Waals surface area (Å²) in [7, 11) is 1.97. The second kappa shape index (κ2) is 6.25. The standard InChI is InChI=1S/C16H30N2O/c1-11(2)9-12(3)18(4)16(19)15-10-13-7-5-6-8-14(13)17-15/h11-15,17H,5-10H2,1-4H3. The third kappa shape index (κ3) is 3.50. The molecule has 1 saturated heterocycles. The Kier molecular flexibility index (Phi) is 4.88. The predicted octanol–water partition coefficient (Wildman–Crippen LogP) is 2.80.